The van der Waals surface area contributed by atoms with Gasteiger partial charge in [0.25, 0.3) is 11.8 Å². The van der Waals surface area contributed by atoms with E-state index in [2.05, 4.69) is 25.6 Å². The molecule has 0 bridgehead atoms. The lowest BCUT2D eigenvalue weighted by Crippen LogP contribution is -2.41. The Morgan fingerprint density at radius 1 is 1.05 bits per heavy atom. The summed E-state index contributed by atoms with van der Waals surface area (Å²) in [5, 5.41) is 27.2. The molecule has 11 nitrogen and oxygen atoms in total. The molecule has 2 aliphatic carbocycles. The predicted octanol–water partition coefficient (Wildman–Crippen LogP) is 4.11. The van der Waals surface area contributed by atoms with Crippen LogP contribution in [-0.2, 0) is 11.3 Å². The van der Waals surface area contributed by atoms with Crippen molar-refractivity contribution in [3.63, 3.8) is 0 Å². The molecule has 0 aliphatic heterocycles. The van der Waals surface area contributed by atoms with E-state index in [1.807, 2.05) is 5.32 Å². The van der Waals surface area contributed by atoms with Gasteiger partial charge in [0, 0.05) is 37.2 Å². The van der Waals surface area contributed by atoms with Gasteiger partial charge < -0.3 is 15.7 Å². The molecule has 5 rings (SSSR count). The van der Waals surface area contributed by atoms with Crippen LogP contribution in [0.4, 0.5) is 30.7 Å². The van der Waals surface area contributed by atoms with Gasteiger partial charge in [-0.15, -0.1) is 5.10 Å². The average Bonchev–Trinajstić information content (AvgIpc) is 3.59. The van der Waals surface area contributed by atoms with Crippen molar-refractivity contribution in [2.45, 2.75) is 88.2 Å². The van der Waals surface area contributed by atoms with Crippen LogP contribution >= 0.6 is 0 Å². The second-order valence-corrected chi connectivity index (χ2v) is 11.3. The molecule has 2 amide bonds. The van der Waals surface area contributed by atoms with Crippen LogP contribution in [0.1, 0.15) is 85.4 Å². The van der Waals surface area contributed by atoms with E-state index >= 15 is 0 Å². The summed E-state index contributed by atoms with van der Waals surface area (Å²) >= 11 is 0. The van der Waals surface area contributed by atoms with Crippen LogP contribution in [0.15, 0.2) is 24.7 Å². The quantitative estimate of drug-likeness (QED) is 0.225. The standard InChI is InChI=1S/C26H29F7N8O3/c27-24(28)5-1-14(2-6-24)21(38-23(44)17-11-35-41(39-17)12-16-3-7-25(16,29)30)18-13-40-19(36-18)9-15(10-34-40)22(43)37-20(42)4-8-26(31,32)33/h9-11,13-14,16,21-22,43H,1-8,12H2,(H,37,42)(H,38,44)/t16?,21-,22+/m0/s1. The number of rotatable bonds is 10. The topological polar surface area (TPSA) is 139 Å². The van der Waals surface area contributed by atoms with Crippen molar-refractivity contribution in [1.82, 2.24) is 40.2 Å². The maximum atomic E-state index is 14.0. The minimum absolute atomic E-state index is 0.0153. The van der Waals surface area contributed by atoms with Gasteiger partial charge in [-0.3, -0.25) is 9.59 Å². The Kier molecular flexibility index (Phi) is 8.56. The number of aromatic nitrogens is 6. The van der Waals surface area contributed by atoms with E-state index in [-0.39, 0.29) is 48.4 Å². The molecule has 18 heteroatoms. The van der Waals surface area contributed by atoms with Crippen LogP contribution in [0.3, 0.4) is 0 Å². The van der Waals surface area contributed by atoms with Gasteiger partial charge >= 0.3 is 6.18 Å². The van der Waals surface area contributed by atoms with Gasteiger partial charge in [0.2, 0.25) is 11.8 Å². The monoisotopic (exact) mass is 634 g/mol. The van der Waals surface area contributed by atoms with Gasteiger partial charge in [0.15, 0.2) is 17.6 Å². The number of carbonyl (C=O) groups excluding carboxylic acids is 2. The lowest BCUT2D eigenvalue weighted by Gasteiger charge is -2.35. The highest BCUT2D eigenvalue weighted by molar-refractivity contribution is 5.92. The number of amides is 2. The van der Waals surface area contributed by atoms with E-state index in [0.717, 1.165) is 17.2 Å². The molecule has 1 unspecified atom stereocenters. The molecule has 240 valence electrons. The Balaban J connectivity index is 1.33. The molecule has 3 N–H and O–H groups in total. The number of alkyl halides is 7. The Morgan fingerprint density at radius 3 is 2.41 bits per heavy atom. The van der Waals surface area contributed by atoms with Crippen molar-refractivity contribution in [3.8, 4) is 0 Å². The van der Waals surface area contributed by atoms with Gasteiger partial charge in [-0.25, -0.2) is 27.1 Å². The number of aliphatic hydroxyl groups is 1. The summed E-state index contributed by atoms with van der Waals surface area (Å²) in [6.07, 6.45) is -5.38. The largest absolute Gasteiger partial charge is 0.389 e. The third-order valence-corrected chi connectivity index (χ3v) is 8.02. The lowest BCUT2D eigenvalue weighted by molar-refractivity contribution is -0.145. The molecule has 2 aliphatic rings. The van der Waals surface area contributed by atoms with E-state index in [1.54, 1.807) is 0 Å². The predicted molar refractivity (Wildman–Crippen MR) is 136 cm³/mol. The first-order chi connectivity index (χ1) is 20.6. The number of hydrogen-bond donors (Lipinski definition) is 3. The Bertz CT molecular complexity index is 1500. The smallest absolute Gasteiger partial charge is 0.369 e. The number of nitrogens with one attached hydrogen (secondary N) is 2. The number of hydrogen-bond acceptors (Lipinski definition) is 7. The molecule has 0 spiro atoms. The zero-order valence-corrected chi connectivity index (χ0v) is 23.1. The Morgan fingerprint density at radius 2 is 1.77 bits per heavy atom. The number of fused-ring (bicyclic) bond motifs is 1. The van der Waals surface area contributed by atoms with E-state index in [0.29, 0.717) is 6.42 Å². The highest BCUT2D eigenvalue weighted by Crippen LogP contribution is 2.44. The molecule has 3 heterocycles. The van der Waals surface area contributed by atoms with Gasteiger partial charge in [0.05, 0.1) is 43.3 Å². The summed E-state index contributed by atoms with van der Waals surface area (Å²) in [6.45, 7) is -0.170. The molecule has 0 radical (unpaired) electrons. The molecule has 3 aromatic rings. The summed E-state index contributed by atoms with van der Waals surface area (Å²) in [5.74, 6) is -8.84. The van der Waals surface area contributed by atoms with Crippen LogP contribution in [0.25, 0.3) is 5.65 Å². The van der Waals surface area contributed by atoms with Gasteiger partial charge in [-0.05, 0) is 31.2 Å². The second-order valence-electron chi connectivity index (χ2n) is 11.3. The summed E-state index contributed by atoms with van der Waals surface area (Å²) in [5.41, 5.74) is 0.228. The summed E-state index contributed by atoms with van der Waals surface area (Å²) in [4.78, 5) is 30.5. The number of aliphatic hydroxyl groups excluding tert-OH is 1. The molecular weight excluding hydrogens is 605 g/mol. The Labute approximate surface area is 245 Å². The van der Waals surface area contributed by atoms with Crippen molar-refractivity contribution in [3.05, 3.63) is 41.6 Å². The molecule has 0 saturated heterocycles. The minimum atomic E-state index is -4.54. The SMILES string of the molecule is O=C(CCC(F)(F)F)N[C@H](O)c1cnn2cc([C@@H](NC(=O)c3cnn(CC4CCC4(F)F)n3)C3CCC(F)(F)CC3)nc2c1. The third kappa shape index (κ3) is 7.44. The zero-order chi connectivity index (χ0) is 31.9. The van der Waals surface area contributed by atoms with Crippen molar-refractivity contribution in [2.24, 2.45) is 11.8 Å². The summed E-state index contributed by atoms with van der Waals surface area (Å²) < 4.78 is 93.7. The van der Waals surface area contributed by atoms with Crippen LogP contribution < -0.4 is 10.6 Å². The van der Waals surface area contributed by atoms with Crippen molar-refractivity contribution in [1.29, 1.82) is 0 Å². The molecule has 3 aromatic heterocycles. The molecule has 2 saturated carbocycles. The average molecular weight is 635 g/mol. The first-order valence-corrected chi connectivity index (χ1v) is 13.9. The maximum absolute atomic E-state index is 14.0. The van der Waals surface area contributed by atoms with E-state index < -0.39 is 79.6 Å². The number of carbonyl (C=O) groups is 2. The van der Waals surface area contributed by atoms with Crippen LogP contribution in [0, 0.1) is 11.8 Å². The molecule has 3 atom stereocenters. The molecule has 0 aromatic carbocycles. The fourth-order valence-corrected chi connectivity index (χ4v) is 5.29. The van der Waals surface area contributed by atoms with E-state index in [9.17, 15) is 45.4 Å². The zero-order valence-electron chi connectivity index (χ0n) is 23.1. The highest BCUT2D eigenvalue weighted by Gasteiger charge is 2.48. The maximum Gasteiger partial charge on any atom is 0.389 e. The number of nitrogens with zero attached hydrogens (tertiary/aromatic N) is 6. The summed E-state index contributed by atoms with van der Waals surface area (Å²) in [6, 6.07) is 0.429. The van der Waals surface area contributed by atoms with Crippen LogP contribution in [-0.4, -0.2) is 64.5 Å². The highest BCUT2D eigenvalue weighted by atomic mass is 19.4. The summed E-state index contributed by atoms with van der Waals surface area (Å²) in [7, 11) is 0. The molecule has 44 heavy (non-hydrogen) atoms. The van der Waals surface area contributed by atoms with Crippen LogP contribution in [0.2, 0.25) is 0 Å². The molecule has 2 fully saturated rings. The van der Waals surface area contributed by atoms with E-state index in [4.69, 9.17) is 0 Å². The lowest BCUT2D eigenvalue weighted by atomic mass is 9.81. The molecular formula is C26H29F7N8O3. The van der Waals surface area contributed by atoms with Crippen molar-refractivity contribution in [2.75, 3.05) is 0 Å². The first kappa shape index (κ1) is 31.6. The van der Waals surface area contributed by atoms with Gasteiger partial charge in [-0.2, -0.15) is 28.2 Å². The van der Waals surface area contributed by atoms with Crippen LogP contribution in [0.5, 0.6) is 0 Å². The van der Waals surface area contributed by atoms with Gasteiger partial charge in [-0.1, -0.05) is 0 Å². The second kappa shape index (κ2) is 11.9. The van der Waals surface area contributed by atoms with Crippen molar-refractivity contribution < 1.29 is 45.4 Å². The first-order valence-electron chi connectivity index (χ1n) is 13.9. The fraction of sp³-hybridized carbons (Fsp3) is 0.615. The van der Waals surface area contributed by atoms with Gasteiger partial charge in [0.1, 0.15) is 0 Å². The normalized spacial score (nSPS) is 21.4. The number of halogens is 7. The van der Waals surface area contributed by atoms with E-state index in [1.165, 1.54) is 16.8 Å². The third-order valence-electron chi connectivity index (χ3n) is 8.02. The minimum Gasteiger partial charge on any atom is -0.369 e. The Hall–Kier alpha value is -3.83. The van der Waals surface area contributed by atoms with Crippen molar-refractivity contribution >= 4 is 17.5 Å². The fourth-order valence-electron chi connectivity index (χ4n) is 5.29. The number of imidazole rings is 1.